The van der Waals surface area contributed by atoms with Crippen molar-refractivity contribution >= 4 is 33.7 Å². The van der Waals surface area contributed by atoms with Crippen molar-refractivity contribution in [3.63, 3.8) is 0 Å². The third-order valence-corrected chi connectivity index (χ3v) is 6.73. The molecule has 132 valence electrons. The van der Waals surface area contributed by atoms with Crippen molar-refractivity contribution in [1.29, 1.82) is 0 Å². The fraction of sp³-hybridized carbons (Fsp3) is 0.250. The topological polar surface area (TPSA) is 85.7 Å². The minimum atomic E-state index is -3.79. The van der Waals surface area contributed by atoms with E-state index < -0.39 is 21.4 Å². The van der Waals surface area contributed by atoms with Crippen LogP contribution in [0.15, 0.2) is 53.6 Å². The number of esters is 1. The van der Waals surface area contributed by atoms with E-state index in [1.807, 2.05) is 0 Å². The molecule has 0 saturated carbocycles. The molecule has 2 aromatic rings. The molecule has 0 N–H and O–H groups in total. The molecule has 1 aromatic carbocycles. The van der Waals surface area contributed by atoms with Gasteiger partial charge in [-0.3, -0.25) is 9.59 Å². The summed E-state index contributed by atoms with van der Waals surface area (Å²) in [5, 5.41) is -0.569. The lowest BCUT2D eigenvalue weighted by molar-refractivity contribution is -0.146. The zero-order chi connectivity index (χ0) is 18.0. The average Bonchev–Trinajstić information content (AvgIpc) is 3.23. The molecule has 1 aromatic heterocycles. The molecule has 1 aliphatic heterocycles. The van der Waals surface area contributed by atoms with Gasteiger partial charge < -0.3 is 9.64 Å². The molecule has 1 amide bonds. The number of hydrogen-bond donors (Lipinski definition) is 0. The van der Waals surface area contributed by atoms with Crippen molar-refractivity contribution in [3.8, 4) is 0 Å². The molecule has 1 saturated heterocycles. The van der Waals surface area contributed by atoms with Crippen LogP contribution in [0.2, 0.25) is 0 Å². The first kappa shape index (κ1) is 17.6. The van der Waals surface area contributed by atoms with E-state index in [1.165, 1.54) is 42.1 Å². The van der Waals surface area contributed by atoms with Crippen LogP contribution >= 0.6 is 11.8 Å². The van der Waals surface area contributed by atoms with Crippen molar-refractivity contribution in [2.45, 2.75) is 10.3 Å². The van der Waals surface area contributed by atoms with E-state index in [9.17, 15) is 18.0 Å². The monoisotopic (exact) mass is 380 g/mol. The SMILES string of the molecule is COC(=O)CN1C(=O)CSC1c1cccn1S(=O)(=O)c1ccccc1. The molecule has 0 radical (unpaired) electrons. The molecule has 3 rings (SSSR count). The zero-order valence-electron chi connectivity index (χ0n) is 13.4. The molecule has 2 heterocycles. The standard InChI is InChI=1S/C16H16N2O5S2/c1-23-15(20)10-17-14(19)11-24-16(17)13-8-5-9-18(13)25(21,22)12-6-3-2-4-7-12/h2-9,16H,10-11H2,1H3. The van der Waals surface area contributed by atoms with Crippen LogP contribution in [0.1, 0.15) is 11.1 Å². The number of aromatic nitrogens is 1. The number of carbonyl (C=O) groups excluding carboxylic acids is 2. The van der Waals surface area contributed by atoms with E-state index in [0.717, 1.165) is 3.97 Å². The van der Waals surface area contributed by atoms with Gasteiger partial charge in [0.1, 0.15) is 11.9 Å². The Morgan fingerprint density at radius 2 is 1.96 bits per heavy atom. The van der Waals surface area contributed by atoms with Crippen LogP contribution in [-0.2, 0) is 24.3 Å². The van der Waals surface area contributed by atoms with Crippen molar-refractivity contribution < 1.29 is 22.7 Å². The minimum Gasteiger partial charge on any atom is -0.468 e. The predicted octanol–water partition coefficient (Wildman–Crippen LogP) is 1.47. The fourth-order valence-corrected chi connectivity index (χ4v) is 5.23. The number of methoxy groups -OCH3 is 1. The van der Waals surface area contributed by atoms with Gasteiger partial charge in [-0.1, -0.05) is 18.2 Å². The van der Waals surface area contributed by atoms with Gasteiger partial charge in [0.05, 0.1) is 23.5 Å². The Bertz CT molecular complexity index is 892. The third-order valence-electron chi connectivity index (χ3n) is 3.79. The van der Waals surface area contributed by atoms with E-state index in [2.05, 4.69) is 4.74 Å². The summed E-state index contributed by atoms with van der Waals surface area (Å²) in [6.45, 7) is -0.219. The lowest BCUT2D eigenvalue weighted by Gasteiger charge is -2.24. The number of rotatable bonds is 5. The number of carbonyl (C=O) groups is 2. The Hall–Kier alpha value is -2.26. The Morgan fingerprint density at radius 1 is 1.24 bits per heavy atom. The molecule has 1 unspecified atom stereocenters. The number of ether oxygens (including phenoxy) is 1. The molecule has 0 bridgehead atoms. The summed E-state index contributed by atoms with van der Waals surface area (Å²) >= 11 is 1.28. The Balaban J connectivity index is 1.99. The van der Waals surface area contributed by atoms with Gasteiger partial charge in [0.2, 0.25) is 5.91 Å². The van der Waals surface area contributed by atoms with Crippen LogP contribution in [0, 0.1) is 0 Å². The van der Waals surface area contributed by atoms with Gasteiger partial charge >= 0.3 is 5.97 Å². The highest BCUT2D eigenvalue weighted by Gasteiger charge is 2.37. The molecule has 0 spiro atoms. The van der Waals surface area contributed by atoms with Gasteiger partial charge in [-0.15, -0.1) is 11.8 Å². The number of nitrogens with zero attached hydrogens (tertiary/aromatic N) is 2. The maximum absolute atomic E-state index is 12.9. The molecule has 1 atom stereocenters. The van der Waals surface area contributed by atoms with E-state index in [4.69, 9.17) is 0 Å². The van der Waals surface area contributed by atoms with Gasteiger partial charge in [0, 0.05) is 6.20 Å². The van der Waals surface area contributed by atoms with E-state index in [-0.39, 0.29) is 23.1 Å². The van der Waals surface area contributed by atoms with Crippen LogP contribution in [0.3, 0.4) is 0 Å². The summed E-state index contributed by atoms with van der Waals surface area (Å²) in [4.78, 5) is 25.2. The molecular weight excluding hydrogens is 364 g/mol. The summed E-state index contributed by atoms with van der Waals surface area (Å²) in [5.41, 5.74) is 0.420. The van der Waals surface area contributed by atoms with Gasteiger partial charge in [0.15, 0.2) is 0 Å². The average molecular weight is 380 g/mol. The summed E-state index contributed by atoms with van der Waals surface area (Å²) < 4.78 is 31.6. The number of benzene rings is 1. The maximum Gasteiger partial charge on any atom is 0.325 e. The second kappa shape index (κ2) is 6.93. The summed E-state index contributed by atoms with van der Waals surface area (Å²) in [5.74, 6) is -0.603. The first-order chi connectivity index (χ1) is 11.9. The summed E-state index contributed by atoms with van der Waals surface area (Å²) in [6, 6.07) is 11.3. The van der Waals surface area contributed by atoms with E-state index >= 15 is 0 Å². The van der Waals surface area contributed by atoms with Crippen molar-refractivity contribution in [3.05, 3.63) is 54.4 Å². The number of thioether (sulfide) groups is 1. The van der Waals surface area contributed by atoms with Gasteiger partial charge in [-0.2, -0.15) is 0 Å². The third kappa shape index (κ3) is 3.29. The fourth-order valence-electron chi connectivity index (χ4n) is 2.57. The lowest BCUT2D eigenvalue weighted by Crippen LogP contribution is -2.35. The van der Waals surface area contributed by atoms with Crippen molar-refractivity contribution in [2.75, 3.05) is 19.4 Å². The minimum absolute atomic E-state index is 0.154. The van der Waals surface area contributed by atoms with Crippen molar-refractivity contribution in [1.82, 2.24) is 8.87 Å². The molecule has 1 fully saturated rings. The van der Waals surface area contributed by atoms with Crippen LogP contribution in [0.4, 0.5) is 0 Å². The van der Waals surface area contributed by atoms with Crippen LogP contribution in [-0.4, -0.2) is 48.6 Å². The predicted molar refractivity (Wildman–Crippen MR) is 92.4 cm³/mol. The molecule has 7 nitrogen and oxygen atoms in total. The highest BCUT2D eigenvalue weighted by Crippen LogP contribution is 2.39. The highest BCUT2D eigenvalue weighted by atomic mass is 32.2. The summed E-state index contributed by atoms with van der Waals surface area (Å²) in [6.07, 6.45) is 1.44. The molecule has 1 aliphatic rings. The van der Waals surface area contributed by atoms with Gasteiger partial charge in [0.25, 0.3) is 10.0 Å². The zero-order valence-corrected chi connectivity index (χ0v) is 15.0. The Kier molecular flexibility index (Phi) is 4.87. The molecule has 25 heavy (non-hydrogen) atoms. The van der Waals surface area contributed by atoms with E-state index in [0.29, 0.717) is 5.69 Å². The van der Waals surface area contributed by atoms with Crippen molar-refractivity contribution in [2.24, 2.45) is 0 Å². The Labute approximate surface area is 149 Å². The molecular formula is C16H16N2O5S2. The molecule has 0 aliphatic carbocycles. The number of hydrogen-bond acceptors (Lipinski definition) is 6. The lowest BCUT2D eigenvalue weighted by atomic mass is 10.3. The second-order valence-electron chi connectivity index (χ2n) is 5.31. The summed E-state index contributed by atoms with van der Waals surface area (Å²) in [7, 11) is -2.55. The van der Waals surface area contributed by atoms with Gasteiger partial charge in [-0.05, 0) is 24.3 Å². The largest absolute Gasteiger partial charge is 0.468 e. The maximum atomic E-state index is 12.9. The van der Waals surface area contributed by atoms with Crippen LogP contribution < -0.4 is 0 Å². The normalized spacial score (nSPS) is 17.7. The molecule has 9 heteroatoms. The van der Waals surface area contributed by atoms with Gasteiger partial charge in [-0.25, -0.2) is 12.4 Å². The first-order valence-electron chi connectivity index (χ1n) is 7.41. The highest BCUT2D eigenvalue weighted by molar-refractivity contribution is 8.00. The second-order valence-corrected chi connectivity index (χ2v) is 8.19. The first-order valence-corrected chi connectivity index (χ1v) is 9.90. The van der Waals surface area contributed by atoms with E-state index in [1.54, 1.807) is 30.3 Å². The Morgan fingerprint density at radius 3 is 2.64 bits per heavy atom. The quantitative estimate of drug-likeness (QED) is 0.731. The van der Waals surface area contributed by atoms with Crippen LogP contribution in [0.25, 0.3) is 0 Å². The smallest absolute Gasteiger partial charge is 0.325 e. The van der Waals surface area contributed by atoms with Crippen LogP contribution in [0.5, 0.6) is 0 Å². The number of amides is 1.